The van der Waals surface area contributed by atoms with Gasteiger partial charge in [-0.25, -0.2) is 9.97 Å². The van der Waals surface area contributed by atoms with Crippen molar-refractivity contribution >= 4 is 5.65 Å². The Morgan fingerprint density at radius 3 is 3.00 bits per heavy atom. The van der Waals surface area contributed by atoms with E-state index in [0.717, 1.165) is 48.7 Å². The van der Waals surface area contributed by atoms with Crippen LogP contribution in [0.3, 0.4) is 0 Å². The van der Waals surface area contributed by atoms with Crippen LogP contribution >= 0.6 is 0 Å². The fraction of sp³-hybridized carbons (Fsp3) is 0.421. The summed E-state index contributed by atoms with van der Waals surface area (Å²) in [6.45, 7) is 4.69. The lowest BCUT2D eigenvalue weighted by Crippen LogP contribution is -2.35. The number of pyridine rings is 1. The Morgan fingerprint density at radius 1 is 1.32 bits per heavy atom. The molecule has 4 rings (SSSR count). The van der Waals surface area contributed by atoms with Crippen molar-refractivity contribution < 1.29 is 0 Å². The van der Waals surface area contributed by atoms with Gasteiger partial charge in [0, 0.05) is 50.7 Å². The number of fused-ring (bicyclic) bond motifs is 1. The molecule has 1 atom stereocenters. The SMILES string of the molecule is Cc1cccn2c(=O)cc(CN3CCCC(c4nccn4C)C3)nc12. The Hall–Kier alpha value is -2.47. The topological polar surface area (TPSA) is 55.4 Å². The average molecular weight is 337 g/mol. The number of aryl methyl sites for hydroxylation is 2. The van der Waals surface area contributed by atoms with Crippen molar-refractivity contribution in [3.05, 3.63) is 64.2 Å². The minimum Gasteiger partial charge on any atom is -0.338 e. The van der Waals surface area contributed by atoms with Gasteiger partial charge in [0.2, 0.25) is 0 Å². The van der Waals surface area contributed by atoms with E-state index < -0.39 is 0 Å². The van der Waals surface area contributed by atoms with Gasteiger partial charge in [-0.2, -0.15) is 0 Å². The molecule has 0 aromatic carbocycles. The summed E-state index contributed by atoms with van der Waals surface area (Å²) in [4.78, 5) is 24.0. The highest BCUT2D eigenvalue weighted by atomic mass is 16.1. The van der Waals surface area contributed by atoms with Crippen LogP contribution in [0.1, 0.15) is 35.8 Å². The van der Waals surface area contributed by atoms with Crippen molar-refractivity contribution in [2.24, 2.45) is 7.05 Å². The second-order valence-corrected chi connectivity index (χ2v) is 6.94. The lowest BCUT2D eigenvalue weighted by Gasteiger charge is -2.32. The number of hydrogen-bond acceptors (Lipinski definition) is 4. The maximum atomic E-state index is 12.4. The quantitative estimate of drug-likeness (QED) is 0.735. The van der Waals surface area contributed by atoms with E-state index in [-0.39, 0.29) is 5.56 Å². The van der Waals surface area contributed by atoms with Crippen LogP contribution in [0.25, 0.3) is 5.65 Å². The molecule has 25 heavy (non-hydrogen) atoms. The number of nitrogens with zero attached hydrogens (tertiary/aromatic N) is 5. The van der Waals surface area contributed by atoms with Crippen molar-refractivity contribution in [3.63, 3.8) is 0 Å². The zero-order valence-corrected chi connectivity index (χ0v) is 14.7. The molecule has 1 aliphatic rings. The Labute approximate surface area is 146 Å². The monoisotopic (exact) mass is 337 g/mol. The molecule has 1 unspecified atom stereocenters. The molecule has 0 spiro atoms. The van der Waals surface area contributed by atoms with E-state index >= 15 is 0 Å². The molecule has 1 fully saturated rings. The van der Waals surface area contributed by atoms with Crippen LogP contribution in [0.4, 0.5) is 0 Å². The number of hydrogen-bond donors (Lipinski definition) is 0. The smallest absolute Gasteiger partial charge is 0.258 e. The van der Waals surface area contributed by atoms with Gasteiger partial charge in [0.15, 0.2) is 0 Å². The molecule has 6 nitrogen and oxygen atoms in total. The highest BCUT2D eigenvalue weighted by Gasteiger charge is 2.24. The summed E-state index contributed by atoms with van der Waals surface area (Å²) in [5.74, 6) is 1.59. The van der Waals surface area contributed by atoms with E-state index in [4.69, 9.17) is 4.98 Å². The van der Waals surface area contributed by atoms with Gasteiger partial charge >= 0.3 is 0 Å². The molecule has 0 N–H and O–H groups in total. The Bertz CT molecular complexity index is 958. The standard InChI is InChI=1S/C19H23N5O/c1-14-5-3-9-24-17(25)11-16(21-18(14)24)13-23-8-4-6-15(12-23)19-20-7-10-22(19)2/h3,5,7,9-11,15H,4,6,8,12-13H2,1-2H3. The van der Waals surface area contributed by atoms with Gasteiger partial charge in [-0.05, 0) is 37.9 Å². The van der Waals surface area contributed by atoms with Crippen molar-refractivity contribution in [1.29, 1.82) is 0 Å². The number of aromatic nitrogens is 4. The highest BCUT2D eigenvalue weighted by molar-refractivity contribution is 5.46. The summed E-state index contributed by atoms with van der Waals surface area (Å²) in [7, 11) is 2.05. The lowest BCUT2D eigenvalue weighted by molar-refractivity contribution is 0.193. The van der Waals surface area contributed by atoms with Crippen LogP contribution in [0.2, 0.25) is 0 Å². The molecule has 4 heterocycles. The Balaban J connectivity index is 1.58. The maximum absolute atomic E-state index is 12.4. The molecule has 1 saturated heterocycles. The van der Waals surface area contributed by atoms with E-state index in [1.54, 1.807) is 16.7 Å². The van der Waals surface area contributed by atoms with E-state index in [1.165, 1.54) is 0 Å². The van der Waals surface area contributed by atoms with Crippen LogP contribution in [-0.2, 0) is 13.6 Å². The average Bonchev–Trinajstić information content (AvgIpc) is 3.02. The molecular weight excluding hydrogens is 314 g/mol. The van der Waals surface area contributed by atoms with Gasteiger partial charge in [-0.15, -0.1) is 0 Å². The van der Waals surface area contributed by atoms with Crippen molar-refractivity contribution in [2.45, 2.75) is 32.2 Å². The lowest BCUT2D eigenvalue weighted by atomic mass is 9.97. The summed E-state index contributed by atoms with van der Waals surface area (Å²) in [5.41, 5.74) is 2.61. The molecule has 130 valence electrons. The zero-order chi connectivity index (χ0) is 17.4. The maximum Gasteiger partial charge on any atom is 0.258 e. The molecule has 0 amide bonds. The largest absolute Gasteiger partial charge is 0.338 e. The molecule has 3 aromatic heterocycles. The third-order valence-corrected chi connectivity index (χ3v) is 5.05. The van der Waals surface area contributed by atoms with Crippen LogP contribution in [0, 0.1) is 6.92 Å². The first-order valence-electron chi connectivity index (χ1n) is 8.79. The molecule has 0 saturated carbocycles. The molecule has 1 aliphatic heterocycles. The van der Waals surface area contributed by atoms with Gasteiger partial charge in [-0.1, -0.05) is 6.07 Å². The van der Waals surface area contributed by atoms with Crippen molar-refractivity contribution in [3.8, 4) is 0 Å². The van der Waals surface area contributed by atoms with Gasteiger partial charge in [0.05, 0.1) is 5.69 Å². The third-order valence-electron chi connectivity index (χ3n) is 5.05. The number of piperidine rings is 1. The fourth-order valence-electron chi connectivity index (χ4n) is 3.80. The summed E-state index contributed by atoms with van der Waals surface area (Å²) in [6, 6.07) is 5.54. The third kappa shape index (κ3) is 3.09. The number of imidazole rings is 1. The van der Waals surface area contributed by atoms with Crippen LogP contribution in [-0.4, -0.2) is 36.9 Å². The number of rotatable bonds is 3. The normalized spacial score (nSPS) is 18.7. The van der Waals surface area contributed by atoms with E-state index in [2.05, 4.69) is 21.5 Å². The molecule has 0 radical (unpaired) electrons. The summed E-state index contributed by atoms with van der Waals surface area (Å²) in [5, 5.41) is 0. The predicted octanol–water partition coefficient (Wildman–Crippen LogP) is 2.12. The van der Waals surface area contributed by atoms with Gasteiger partial charge in [0.1, 0.15) is 11.5 Å². The van der Waals surface area contributed by atoms with Gasteiger partial charge in [0.25, 0.3) is 5.56 Å². The van der Waals surface area contributed by atoms with Crippen molar-refractivity contribution in [2.75, 3.05) is 13.1 Å². The first-order chi connectivity index (χ1) is 12.1. The first kappa shape index (κ1) is 16.0. The second kappa shape index (κ2) is 6.44. The first-order valence-corrected chi connectivity index (χ1v) is 8.79. The highest BCUT2D eigenvalue weighted by Crippen LogP contribution is 2.26. The molecule has 3 aromatic rings. The predicted molar refractivity (Wildman–Crippen MR) is 96.7 cm³/mol. The fourth-order valence-corrected chi connectivity index (χ4v) is 3.80. The zero-order valence-electron chi connectivity index (χ0n) is 14.7. The Morgan fingerprint density at radius 2 is 2.20 bits per heavy atom. The summed E-state index contributed by atoms with van der Waals surface area (Å²) >= 11 is 0. The summed E-state index contributed by atoms with van der Waals surface area (Å²) < 4.78 is 3.73. The van der Waals surface area contributed by atoms with E-state index in [1.807, 2.05) is 31.5 Å². The number of likely N-dealkylation sites (tertiary alicyclic amines) is 1. The molecule has 0 aliphatic carbocycles. The van der Waals surface area contributed by atoms with Crippen molar-refractivity contribution in [1.82, 2.24) is 23.8 Å². The molecule has 6 heteroatoms. The van der Waals surface area contributed by atoms with E-state index in [9.17, 15) is 4.79 Å². The van der Waals surface area contributed by atoms with E-state index in [0.29, 0.717) is 12.5 Å². The van der Waals surface area contributed by atoms with Crippen LogP contribution in [0.5, 0.6) is 0 Å². The van der Waals surface area contributed by atoms with Crippen LogP contribution < -0.4 is 5.56 Å². The van der Waals surface area contributed by atoms with Gasteiger partial charge in [-0.3, -0.25) is 14.1 Å². The second-order valence-electron chi connectivity index (χ2n) is 6.94. The van der Waals surface area contributed by atoms with Crippen LogP contribution in [0.15, 0.2) is 41.6 Å². The molecule has 0 bridgehead atoms. The molecular formula is C19H23N5O. The minimum atomic E-state index is -0.0126. The Kier molecular flexibility index (Phi) is 4.13. The summed E-state index contributed by atoms with van der Waals surface area (Å²) in [6.07, 6.45) is 7.95. The minimum absolute atomic E-state index is 0.0126. The van der Waals surface area contributed by atoms with Gasteiger partial charge < -0.3 is 4.57 Å².